The van der Waals surface area contributed by atoms with Crippen LogP contribution in [0.2, 0.25) is 0 Å². The van der Waals surface area contributed by atoms with Crippen molar-refractivity contribution in [1.82, 2.24) is 10.6 Å². The molecule has 25 heavy (non-hydrogen) atoms. The normalized spacial score (nSPS) is 26.3. The van der Waals surface area contributed by atoms with E-state index in [1.54, 1.807) is 7.11 Å². The summed E-state index contributed by atoms with van der Waals surface area (Å²) in [6, 6.07) is 7.81. The zero-order chi connectivity index (χ0) is 17.5. The van der Waals surface area contributed by atoms with Crippen LogP contribution in [0.15, 0.2) is 36.0 Å². The number of benzene rings is 1. The van der Waals surface area contributed by atoms with E-state index < -0.39 is 0 Å². The van der Waals surface area contributed by atoms with Crippen LogP contribution in [0, 0.1) is 5.41 Å². The van der Waals surface area contributed by atoms with Gasteiger partial charge in [0.1, 0.15) is 5.75 Å². The average molecular weight is 340 g/mol. The van der Waals surface area contributed by atoms with E-state index in [4.69, 9.17) is 4.74 Å². The van der Waals surface area contributed by atoms with E-state index >= 15 is 0 Å². The summed E-state index contributed by atoms with van der Waals surface area (Å²) in [4.78, 5) is 24.6. The van der Waals surface area contributed by atoms with Gasteiger partial charge in [-0.2, -0.15) is 0 Å². The van der Waals surface area contributed by atoms with Crippen molar-refractivity contribution in [3.8, 4) is 5.75 Å². The maximum atomic E-state index is 12.9. The Labute approximate surface area is 147 Å². The molecule has 2 aliphatic carbocycles. The zero-order valence-electron chi connectivity index (χ0n) is 14.6. The van der Waals surface area contributed by atoms with E-state index in [2.05, 4.69) is 16.7 Å². The molecule has 1 aliphatic heterocycles. The van der Waals surface area contributed by atoms with Gasteiger partial charge in [0.25, 0.3) is 0 Å². The van der Waals surface area contributed by atoms with Gasteiger partial charge >= 0.3 is 0 Å². The lowest BCUT2D eigenvalue weighted by molar-refractivity contribution is -0.124. The fourth-order valence-electron chi connectivity index (χ4n) is 4.23. The van der Waals surface area contributed by atoms with Crippen LogP contribution in [-0.4, -0.2) is 25.5 Å². The number of nitrogens with one attached hydrogen (secondary N) is 2. The number of ether oxygens (including phenoxy) is 1. The molecule has 1 heterocycles. The summed E-state index contributed by atoms with van der Waals surface area (Å²) in [6.07, 6.45) is 7.21. The van der Waals surface area contributed by atoms with Gasteiger partial charge in [-0.3, -0.25) is 9.59 Å². The van der Waals surface area contributed by atoms with Crippen molar-refractivity contribution in [1.29, 1.82) is 0 Å². The summed E-state index contributed by atoms with van der Waals surface area (Å²) in [5.41, 5.74) is 1.60. The van der Waals surface area contributed by atoms with Gasteiger partial charge in [0, 0.05) is 24.1 Å². The Hall–Kier alpha value is -2.30. The van der Waals surface area contributed by atoms with Crippen molar-refractivity contribution in [2.24, 2.45) is 5.41 Å². The van der Waals surface area contributed by atoms with Gasteiger partial charge in [-0.25, -0.2) is 0 Å². The lowest BCUT2D eigenvalue weighted by Crippen LogP contribution is -2.47. The van der Waals surface area contributed by atoms with Crippen LogP contribution in [0.5, 0.6) is 5.75 Å². The van der Waals surface area contributed by atoms with Gasteiger partial charge in [0.05, 0.1) is 12.5 Å². The highest BCUT2D eigenvalue weighted by Gasteiger charge is 2.52. The maximum Gasteiger partial charge on any atom is 0.230 e. The van der Waals surface area contributed by atoms with Crippen LogP contribution in [0.4, 0.5) is 0 Å². The molecular formula is C20H24N2O3. The van der Waals surface area contributed by atoms with E-state index in [-0.39, 0.29) is 22.6 Å². The molecule has 1 aromatic rings. The molecule has 0 radical (unpaired) electrons. The predicted molar refractivity (Wildman–Crippen MR) is 94.0 cm³/mol. The number of carbonyl (C=O) groups excluding carboxylic acids is 2. The number of carbonyl (C=O) groups is 2. The van der Waals surface area contributed by atoms with Crippen LogP contribution in [0.25, 0.3) is 0 Å². The van der Waals surface area contributed by atoms with E-state index in [9.17, 15) is 9.59 Å². The Morgan fingerprint density at radius 3 is 2.64 bits per heavy atom. The standard InChI is InChI=1S/C20H24N2O3/c1-25-15-6-4-14(5-7-15)20(11-12-20)18(24)21-13-19-9-2-3-16(19)22-17(23)8-10-19/h3-7H,2,8-13H2,1H3,(H,21,24)(H,22,23). The fraction of sp³-hybridized carbons (Fsp3) is 0.500. The highest BCUT2D eigenvalue weighted by Crippen LogP contribution is 2.49. The Morgan fingerprint density at radius 2 is 1.96 bits per heavy atom. The van der Waals surface area contributed by atoms with E-state index in [1.165, 1.54) is 0 Å². The number of allylic oxidation sites excluding steroid dienone is 1. The van der Waals surface area contributed by atoms with Gasteiger partial charge in [-0.15, -0.1) is 0 Å². The molecule has 5 heteroatoms. The molecule has 0 bridgehead atoms. The van der Waals surface area contributed by atoms with Crippen molar-refractivity contribution in [3.63, 3.8) is 0 Å². The van der Waals surface area contributed by atoms with Gasteiger partial charge in [0.15, 0.2) is 0 Å². The molecule has 1 unspecified atom stereocenters. The Bertz CT molecular complexity index is 734. The number of amides is 2. The number of fused-ring (bicyclic) bond motifs is 1. The number of methoxy groups -OCH3 is 1. The van der Waals surface area contributed by atoms with Crippen molar-refractivity contribution >= 4 is 11.8 Å². The van der Waals surface area contributed by atoms with E-state index in [0.717, 1.165) is 49.1 Å². The minimum absolute atomic E-state index is 0.0838. The SMILES string of the molecule is COc1ccc(C2(C(=O)NCC34CCC=C3NC(=O)CC4)CC2)cc1. The van der Waals surface area contributed by atoms with Crippen LogP contribution in [0.1, 0.15) is 44.1 Å². The highest BCUT2D eigenvalue weighted by molar-refractivity contribution is 5.91. The second-order valence-corrected chi connectivity index (χ2v) is 7.48. The quantitative estimate of drug-likeness (QED) is 0.865. The third-order valence-corrected chi connectivity index (χ3v) is 6.06. The molecule has 2 amide bonds. The number of hydrogen-bond donors (Lipinski definition) is 2. The first-order valence-corrected chi connectivity index (χ1v) is 9.01. The lowest BCUT2D eigenvalue weighted by atomic mass is 9.77. The number of rotatable bonds is 5. The first-order valence-electron chi connectivity index (χ1n) is 9.01. The number of piperidine rings is 1. The van der Waals surface area contributed by atoms with Gasteiger partial charge < -0.3 is 15.4 Å². The van der Waals surface area contributed by atoms with Crippen LogP contribution in [-0.2, 0) is 15.0 Å². The summed E-state index contributed by atoms with van der Waals surface area (Å²) >= 11 is 0. The van der Waals surface area contributed by atoms with Crippen molar-refractivity contribution in [3.05, 3.63) is 41.6 Å². The summed E-state index contributed by atoms with van der Waals surface area (Å²) in [6.45, 7) is 0.607. The highest BCUT2D eigenvalue weighted by atomic mass is 16.5. The molecule has 0 aromatic heterocycles. The topological polar surface area (TPSA) is 67.4 Å². The summed E-state index contributed by atoms with van der Waals surface area (Å²) in [5, 5.41) is 6.20. The van der Waals surface area contributed by atoms with Crippen LogP contribution < -0.4 is 15.4 Å². The molecule has 132 valence electrons. The van der Waals surface area contributed by atoms with Gasteiger partial charge in [-0.05, 0) is 49.8 Å². The third kappa shape index (κ3) is 2.71. The monoisotopic (exact) mass is 340 g/mol. The van der Waals surface area contributed by atoms with Gasteiger partial charge in [-0.1, -0.05) is 18.2 Å². The van der Waals surface area contributed by atoms with Crippen molar-refractivity contribution in [2.45, 2.75) is 43.9 Å². The first kappa shape index (κ1) is 16.2. The third-order valence-electron chi connectivity index (χ3n) is 6.06. The maximum absolute atomic E-state index is 12.9. The largest absolute Gasteiger partial charge is 0.497 e. The fourth-order valence-corrected chi connectivity index (χ4v) is 4.23. The molecule has 1 saturated heterocycles. The molecule has 1 saturated carbocycles. The molecule has 5 nitrogen and oxygen atoms in total. The number of hydrogen-bond acceptors (Lipinski definition) is 3. The van der Waals surface area contributed by atoms with Crippen molar-refractivity contribution in [2.75, 3.05) is 13.7 Å². The molecular weight excluding hydrogens is 316 g/mol. The Morgan fingerprint density at radius 1 is 1.20 bits per heavy atom. The van der Waals surface area contributed by atoms with Gasteiger partial charge in [0.2, 0.25) is 11.8 Å². The molecule has 4 rings (SSSR count). The van der Waals surface area contributed by atoms with Crippen molar-refractivity contribution < 1.29 is 14.3 Å². The molecule has 1 atom stereocenters. The smallest absolute Gasteiger partial charge is 0.230 e. The lowest BCUT2D eigenvalue weighted by Gasteiger charge is -2.36. The zero-order valence-corrected chi connectivity index (χ0v) is 14.6. The summed E-state index contributed by atoms with van der Waals surface area (Å²) in [7, 11) is 1.64. The van der Waals surface area contributed by atoms with Crippen LogP contribution >= 0.6 is 0 Å². The summed E-state index contributed by atoms with van der Waals surface area (Å²) < 4.78 is 5.20. The molecule has 2 N–H and O–H groups in total. The predicted octanol–water partition coefficient (Wildman–Crippen LogP) is 2.42. The average Bonchev–Trinajstić information content (AvgIpc) is 3.35. The first-order chi connectivity index (χ1) is 12.1. The Balaban J connectivity index is 1.45. The van der Waals surface area contributed by atoms with E-state index in [0.29, 0.717) is 13.0 Å². The summed E-state index contributed by atoms with van der Waals surface area (Å²) in [5.74, 6) is 1.000. The minimum Gasteiger partial charge on any atom is -0.497 e. The molecule has 3 aliphatic rings. The van der Waals surface area contributed by atoms with Crippen LogP contribution in [0.3, 0.4) is 0 Å². The Kier molecular flexibility index (Phi) is 3.82. The second kappa shape index (κ2) is 5.90. The second-order valence-electron chi connectivity index (χ2n) is 7.48. The molecule has 1 aromatic carbocycles. The van der Waals surface area contributed by atoms with E-state index in [1.807, 2.05) is 24.3 Å². The minimum atomic E-state index is -0.386. The molecule has 2 fully saturated rings. The molecule has 0 spiro atoms.